The molecule has 22 heavy (non-hydrogen) atoms. The molecule has 0 saturated carbocycles. The fourth-order valence-electron chi connectivity index (χ4n) is 2.53. The Labute approximate surface area is 126 Å². The van der Waals surface area contributed by atoms with Crippen LogP contribution in [0.15, 0.2) is 28.4 Å². The van der Waals surface area contributed by atoms with E-state index in [1.807, 2.05) is 0 Å². The largest absolute Gasteiger partial charge is 0.394 e. The van der Waals surface area contributed by atoms with Gasteiger partial charge in [-0.1, -0.05) is 6.08 Å². The lowest BCUT2D eigenvalue weighted by molar-refractivity contribution is -0.0463. The van der Waals surface area contributed by atoms with Gasteiger partial charge in [0.05, 0.1) is 25.9 Å². The van der Waals surface area contributed by atoms with E-state index in [0.717, 1.165) is 0 Å². The first-order valence-electron chi connectivity index (χ1n) is 6.94. The van der Waals surface area contributed by atoms with Gasteiger partial charge in [-0.05, 0) is 6.92 Å². The van der Waals surface area contributed by atoms with E-state index in [9.17, 15) is 19.8 Å². The molecule has 1 aliphatic rings. The van der Waals surface area contributed by atoms with E-state index in [2.05, 4.69) is 11.6 Å². The van der Waals surface area contributed by atoms with Gasteiger partial charge in [0.15, 0.2) is 0 Å². The molecule has 0 aliphatic carbocycles. The summed E-state index contributed by atoms with van der Waals surface area (Å²) in [5.41, 5.74) is -0.784. The van der Waals surface area contributed by atoms with Gasteiger partial charge in [-0.15, -0.1) is 6.58 Å². The van der Waals surface area contributed by atoms with Gasteiger partial charge in [-0.3, -0.25) is 14.3 Å². The van der Waals surface area contributed by atoms with Crippen LogP contribution in [-0.2, 0) is 9.47 Å². The normalized spacial score (nSPS) is 28.0. The molecule has 122 valence electrons. The average Bonchev–Trinajstić information content (AvgIpc) is 2.79. The molecule has 1 fully saturated rings. The number of aliphatic hydroxyl groups is 2. The van der Waals surface area contributed by atoms with Crippen molar-refractivity contribution >= 4 is 0 Å². The second kappa shape index (κ2) is 7.01. The molecule has 0 spiro atoms. The fourth-order valence-corrected chi connectivity index (χ4v) is 2.53. The van der Waals surface area contributed by atoms with Crippen LogP contribution in [0.25, 0.3) is 0 Å². The van der Waals surface area contributed by atoms with Crippen molar-refractivity contribution in [3.63, 3.8) is 0 Å². The van der Waals surface area contributed by atoms with Crippen LogP contribution in [0.4, 0.5) is 0 Å². The summed E-state index contributed by atoms with van der Waals surface area (Å²) < 4.78 is 12.1. The van der Waals surface area contributed by atoms with Gasteiger partial charge < -0.3 is 19.7 Å². The first kappa shape index (κ1) is 16.6. The maximum atomic E-state index is 12.0. The number of ether oxygens (including phenoxy) is 2. The quantitative estimate of drug-likeness (QED) is 0.445. The van der Waals surface area contributed by atoms with Crippen LogP contribution in [0.1, 0.15) is 11.6 Å². The first-order chi connectivity index (χ1) is 10.5. The Bertz CT molecular complexity index is 637. The maximum absolute atomic E-state index is 12.0. The molecule has 1 aromatic heterocycles. The average molecular weight is 312 g/mol. The Balaban J connectivity index is 2.35. The zero-order chi connectivity index (χ0) is 16.3. The Hall–Kier alpha value is -1.74. The SMILES string of the molecule is C=CCOC[C@H]1O[C@H](CO)[C@@H](O)[C@@H]1n1cc(C)c(=O)[nH]c1=O. The van der Waals surface area contributed by atoms with Gasteiger partial charge in [0.1, 0.15) is 18.3 Å². The number of aromatic amines is 1. The highest BCUT2D eigenvalue weighted by molar-refractivity contribution is 5.05. The molecule has 0 aromatic carbocycles. The summed E-state index contributed by atoms with van der Waals surface area (Å²) in [5, 5.41) is 19.6. The lowest BCUT2D eigenvalue weighted by Crippen LogP contribution is -2.41. The van der Waals surface area contributed by atoms with Crippen molar-refractivity contribution in [2.24, 2.45) is 0 Å². The lowest BCUT2D eigenvalue weighted by atomic mass is 10.0. The monoisotopic (exact) mass is 312 g/mol. The predicted molar refractivity (Wildman–Crippen MR) is 77.9 cm³/mol. The van der Waals surface area contributed by atoms with E-state index in [1.54, 1.807) is 13.0 Å². The smallest absolute Gasteiger partial charge is 0.328 e. The highest BCUT2D eigenvalue weighted by Gasteiger charge is 2.45. The Morgan fingerprint density at radius 2 is 2.23 bits per heavy atom. The first-order valence-corrected chi connectivity index (χ1v) is 6.94. The lowest BCUT2D eigenvalue weighted by Gasteiger charge is -2.22. The number of aryl methyl sites for hydroxylation is 1. The molecule has 2 rings (SSSR count). The summed E-state index contributed by atoms with van der Waals surface area (Å²) in [7, 11) is 0. The molecule has 8 heteroatoms. The summed E-state index contributed by atoms with van der Waals surface area (Å²) in [4.78, 5) is 25.7. The molecule has 3 N–H and O–H groups in total. The molecule has 0 radical (unpaired) electrons. The van der Waals surface area contributed by atoms with E-state index >= 15 is 0 Å². The third-order valence-corrected chi connectivity index (χ3v) is 3.63. The van der Waals surface area contributed by atoms with Crippen LogP contribution in [0.3, 0.4) is 0 Å². The van der Waals surface area contributed by atoms with Crippen LogP contribution in [0, 0.1) is 6.92 Å². The molecule has 4 atom stereocenters. The van der Waals surface area contributed by atoms with E-state index in [1.165, 1.54) is 10.8 Å². The van der Waals surface area contributed by atoms with Crippen LogP contribution in [0.2, 0.25) is 0 Å². The second-order valence-electron chi connectivity index (χ2n) is 5.18. The molecular formula is C14H20N2O6. The molecule has 8 nitrogen and oxygen atoms in total. The Morgan fingerprint density at radius 3 is 2.86 bits per heavy atom. The molecule has 2 heterocycles. The van der Waals surface area contributed by atoms with Crippen molar-refractivity contribution in [1.82, 2.24) is 9.55 Å². The Morgan fingerprint density at radius 1 is 1.50 bits per heavy atom. The van der Waals surface area contributed by atoms with Crippen molar-refractivity contribution in [2.75, 3.05) is 19.8 Å². The topological polar surface area (TPSA) is 114 Å². The zero-order valence-electron chi connectivity index (χ0n) is 12.3. The van der Waals surface area contributed by atoms with Gasteiger partial charge >= 0.3 is 5.69 Å². The summed E-state index contributed by atoms with van der Waals surface area (Å²) >= 11 is 0. The molecule has 1 saturated heterocycles. The highest BCUT2D eigenvalue weighted by Crippen LogP contribution is 2.30. The van der Waals surface area contributed by atoms with E-state index in [-0.39, 0.29) is 13.2 Å². The van der Waals surface area contributed by atoms with Gasteiger partial charge in [0, 0.05) is 11.8 Å². The summed E-state index contributed by atoms with van der Waals surface area (Å²) in [6.45, 7) is 5.13. The van der Waals surface area contributed by atoms with Crippen LogP contribution in [0.5, 0.6) is 0 Å². The van der Waals surface area contributed by atoms with Crippen LogP contribution >= 0.6 is 0 Å². The number of aliphatic hydroxyl groups excluding tert-OH is 2. The summed E-state index contributed by atoms with van der Waals surface area (Å²) in [6.07, 6.45) is 0.403. The molecule has 1 aliphatic heterocycles. The number of H-pyrrole nitrogens is 1. The number of nitrogens with one attached hydrogen (secondary N) is 1. The van der Waals surface area contributed by atoms with Crippen LogP contribution in [-0.4, -0.2) is 57.9 Å². The van der Waals surface area contributed by atoms with E-state index in [4.69, 9.17) is 9.47 Å². The van der Waals surface area contributed by atoms with E-state index < -0.39 is 35.6 Å². The van der Waals surface area contributed by atoms with Gasteiger partial charge in [0.25, 0.3) is 5.56 Å². The predicted octanol–water partition coefficient (Wildman–Crippen LogP) is -1.29. The van der Waals surface area contributed by atoms with Gasteiger partial charge in [-0.2, -0.15) is 0 Å². The van der Waals surface area contributed by atoms with Crippen molar-refractivity contribution in [2.45, 2.75) is 31.3 Å². The number of nitrogens with zero attached hydrogens (tertiary/aromatic N) is 1. The van der Waals surface area contributed by atoms with E-state index in [0.29, 0.717) is 12.2 Å². The molecule has 0 unspecified atom stereocenters. The van der Waals surface area contributed by atoms with Crippen LogP contribution < -0.4 is 11.2 Å². The number of hydrogen-bond donors (Lipinski definition) is 3. The number of rotatable bonds is 6. The summed E-state index contributed by atoms with van der Waals surface area (Å²) in [5.74, 6) is 0. The summed E-state index contributed by atoms with van der Waals surface area (Å²) in [6, 6.07) is -0.759. The molecular weight excluding hydrogens is 292 g/mol. The Kier molecular flexibility index (Phi) is 5.30. The van der Waals surface area contributed by atoms with Crippen molar-refractivity contribution < 1.29 is 19.7 Å². The maximum Gasteiger partial charge on any atom is 0.328 e. The molecule has 0 amide bonds. The van der Waals surface area contributed by atoms with Gasteiger partial charge in [-0.25, -0.2) is 4.79 Å². The second-order valence-corrected chi connectivity index (χ2v) is 5.18. The molecule has 1 aromatic rings. The van der Waals surface area contributed by atoms with Crippen molar-refractivity contribution in [3.05, 3.63) is 45.3 Å². The van der Waals surface area contributed by atoms with Crippen molar-refractivity contribution in [3.8, 4) is 0 Å². The van der Waals surface area contributed by atoms with Crippen molar-refractivity contribution in [1.29, 1.82) is 0 Å². The molecule has 0 bridgehead atoms. The standard InChI is InChI=1S/C14H20N2O6/c1-3-4-21-7-10-11(12(18)9(6-17)22-10)16-5-8(2)13(19)15-14(16)20/h3,5,9-12,17-18H,1,4,6-7H2,2H3,(H,15,19,20)/t9-,10-,11-,12-/m1/s1. The third kappa shape index (κ3) is 3.20. The van der Waals surface area contributed by atoms with Gasteiger partial charge in [0.2, 0.25) is 0 Å². The minimum atomic E-state index is -1.09. The zero-order valence-corrected chi connectivity index (χ0v) is 12.3. The third-order valence-electron chi connectivity index (χ3n) is 3.63. The fraction of sp³-hybridized carbons (Fsp3) is 0.571. The minimum absolute atomic E-state index is 0.120. The highest BCUT2D eigenvalue weighted by atomic mass is 16.6. The minimum Gasteiger partial charge on any atom is -0.394 e. The number of hydrogen-bond acceptors (Lipinski definition) is 6. The number of aromatic nitrogens is 2.